The molecule has 0 aliphatic rings. The summed E-state index contributed by atoms with van der Waals surface area (Å²) in [5, 5.41) is 5.49. The lowest BCUT2D eigenvalue weighted by Gasteiger charge is -2.02. The van der Waals surface area contributed by atoms with Crippen molar-refractivity contribution in [3.8, 4) is 0 Å². The Morgan fingerprint density at radius 1 is 1.38 bits per heavy atom. The molecule has 0 aromatic carbocycles. The number of halogens is 1. The van der Waals surface area contributed by atoms with Crippen molar-refractivity contribution in [3.63, 3.8) is 0 Å². The van der Waals surface area contributed by atoms with Gasteiger partial charge in [0, 0.05) is 0 Å². The van der Waals surface area contributed by atoms with Crippen LogP contribution in [0.2, 0.25) is 19.6 Å². The highest BCUT2D eigenvalue weighted by Crippen LogP contribution is 1.83. The minimum Gasteiger partial charge on any atom is -0.351 e. The molecule has 0 radical (unpaired) electrons. The van der Waals surface area contributed by atoms with Crippen molar-refractivity contribution in [1.29, 1.82) is 0 Å². The van der Waals surface area contributed by atoms with Crippen molar-refractivity contribution in [3.05, 3.63) is 0 Å². The maximum absolute atomic E-state index is 5.49. The zero-order valence-electron chi connectivity index (χ0n) is 5.96. The quantitative estimate of drug-likeness (QED) is 0.406. The number of hydrogen-bond donors (Lipinski definition) is 2. The van der Waals surface area contributed by atoms with Crippen LogP contribution in [-0.4, -0.2) is 15.3 Å². The summed E-state index contributed by atoms with van der Waals surface area (Å²) < 4.78 is 0. The van der Waals surface area contributed by atoms with E-state index in [1.165, 1.54) is 0 Å². The molecule has 0 fully saturated rings. The molecular formula is C4H15ClN2Si. The maximum atomic E-state index is 5.49. The summed E-state index contributed by atoms with van der Waals surface area (Å²) in [4.78, 5) is 2.22. The van der Waals surface area contributed by atoms with Crippen LogP contribution in [0.25, 0.3) is 0 Å². The Kier molecular flexibility index (Phi) is 7.82. The van der Waals surface area contributed by atoms with Crippen molar-refractivity contribution < 1.29 is 0 Å². The molecule has 0 aliphatic heterocycles. The highest BCUT2D eigenvalue weighted by molar-refractivity contribution is 6.72. The summed E-state index contributed by atoms with van der Waals surface area (Å²) >= 11 is 4.75. The number of nitrogens with two attached hydrogens (primary N) is 1. The second-order valence-electron chi connectivity index (χ2n) is 2.56. The maximum Gasteiger partial charge on any atom is 0.113 e. The Morgan fingerprint density at radius 3 is 1.38 bits per heavy atom. The fraction of sp³-hybridized carbons (Fsp3) is 1.00. The van der Waals surface area contributed by atoms with Crippen LogP contribution in [0.1, 0.15) is 0 Å². The molecule has 52 valence electrons. The molecule has 8 heavy (non-hydrogen) atoms. The largest absolute Gasteiger partial charge is 0.351 e. The smallest absolute Gasteiger partial charge is 0.113 e. The molecule has 0 atom stereocenters. The first-order chi connectivity index (χ1) is 3.41. The van der Waals surface area contributed by atoms with Crippen molar-refractivity contribution in [2.24, 2.45) is 5.40 Å². The Balaban J connectivity index is 0. The number of rotatable bonds is 0. The van der Waals surface area contributed by atoms with Gasteiger partial charge in [-0.1, -0.05) is 19.6 Å². The third-order valence-corrected chi connectivity index (χ3v) is 0. The van der Waals surface area contributed by atoms with Crippen molar-refractivity contribution >= 4 is 20.0 Å². The molecule has 0 unspecified atom stereocenters. The zero-order valence-corrected chi connectivity index (χ0v) is 7.71. The summed E-state index contributed by atoms with van der Waals surface area (Å²) in [5.41, 5.74) is 0. The normalized spacial score (nSPS) is 9.75. The molecule has 0 aromatic rings. The van der Waals surface area contributed by atoms with E-state index in [2.05, 4.69) is 24.5 Å². The standard InChI is InChI=1S/C3H11NSi.CH4ClN/c1-5(2,3)4;1-3-2/h4H2,1-3H3;3H,1H3. The van der Waals surface area contributed by atoms with Crippen LogP contribution in [0.4, 0.5) is 0 Å². The summed E-state index contributed by atoms with van der Waals surface area (Å²) in [6.07, 6.45) is 0. The molecule has 0 amide bonds. The molecule has 0 saturated carbocycles. The average molecular weight is 155 g/mol. The first-order valence-corrected chi connectivity index (χ1v) is 6.43. The van der Waals surface area contributed by atoms with E-state index in [-0.39, 0.29) is 0 Å². The van der Waals surface area contributed by atoms with Crippen LogP contribution >= 0.6 is 11.8 Å². The third-order valence-electron chi connectivity index (χ3n) is 0. The molecule has 3 N–H and O–H groups in total. The number of nitrogens with one attached hydrogen (secondary N) is 1. The minimum absolute atomic E-state index is 1.11. The lowest BCUT2D eigenvalue weighted by atomic mass is 11.6. The zero-order chi connectivity index (χ0) is 7.21. The number of hydrogen-bond acceptors (Lipinski definition) is 2. The monoisotopic (exact) mass is 154 g/mol. The predicted octanol–water partition coefficient (Wildman–Crippen LogP) is 1.14. The summed E-state index contributed by atoms with van der Waals surface area (Å²) in [6.45, 7) is 6.31. The third kappa shape index (κ3) is 1040. The van der Waals surface area contributed by atoms with E-state index >= 15 is 0 Å². The Labute approximate surface area is 57.6 Å². The SMILES string of the molecule is CNCl.C[Si](C)(C)N. The molecule has 0 saturated heterocycles. The molecule has 4 heteroatoms. The molecule has 0 heterocycles. The van der Waals surface area contributed by atoms with Crippen LogP contribution in [0.3, 0.4) is 0 Å². The Hall–Kier alpha value is 0.427. The second kappa shape index (κ2) is 5.56. The van der Waals surface area contributed by atoms with Gasteiger partial charge in [0.2, 0.25) is 0 Å². The van der Waals surface area contributed by atoms with Gasteiger partial charge in [-0.15, -0.1) is 0 Å². The van der Waals surface area contributed by atoms with E-state index in [0.29, 0.717) is 0 Å². The first-order valence-electron chi connectivity index (χ1n) is 2.48. The van der Waals surface area contributed by atoms with Gasteiger partial charge in [-0.05, 0) is 18.8 Å². The van der Waals surface area contributed by atoms with Gasteiger partial charge in [0.15, 0.2) is 0 Å². The Morgan fingerprint density at radius 2 is 1.38 bits per heavy atom. The summed E-state index contributed by atoms with van der Waals surface area (Å²) in [5.74, 6) is 0. The van der Waals surface area contributed by atoms with Gasteiger partial charge >= 0.3 is 0 Å². The van der Waals surface area contributed by atoms with E-state index in [1.54, 1.807) is 7.05 Å². The van der Waals surface area contributed by atoms with Crippen LogP contribution < -0.4 is 10.2 Å². The van der Waals surface area contributed by atoms with Crippen molar-refractivity contribution in [2.45, 2.75) is 19.6 Å². The van der Waals surface area contributed by atoms with Crippen molar-refractivity contribution in [1.82, 2.24) is 4.84 Å². The van der Waals surface area contributed by atoms with Crippen molar-refractivity contribution in [2.75, 3.05) is 7.05 Å². The van der Waals surface area contributed by atoms with E-state index in [1.807, 2.05) is 0 Å². The molecule has 0 rings (SSSR count). The fourth-order valence-corrected chi connectivity index (χ4v) is 0. The minimum atomic E-state index is -1.11. The lowest BCUT2D eigenvalue weighted by Crippen LogP contribution is -2.32. The predicted molar refractivity (Wildman–Crippen MR) is 42.4 cm³/mol. The second-order valence-corrected chi connectivity index (χ2v) is 7.67. The van der Waals surface area contributed by atoms with Gasteiger partial charge in [-0.3, -0.25) is 0 Å². The van der Waals surface area contributed by atoms with E-state index in [4.69, 9.17) is 17.2 Å². The van der Waals surface area contributed by atoms with Gasteiger partial charge in [0.25, 0.3) is 0 Å². The van der Waals surface area contributed by atoms with E-state index in [9.17, 15) is 0 Å². The fourth-order valence-electron chi connectivity index (χ4n) is 0. The topological polar surface area (TPSA) is 38.0 Å². The first kappa shape index (κ1) is 11.3. The Bertz CT molecular complexity index is 37.8. The van der Waals surface area contributed by atoms with E-state index < -0.39 is 8.24 Å². The van der Waals surface area contributed by atoms with E-state index in [0.717, 1.165) is 0 Å². The molecule has 0 aromatic heterocycles. The molecule has 0 bridgehead atoms. The summed E-state index contributed by atoms with van der Waals surface area (Å²) in [6, 6.07) is 0. The highest BCUT2D eigenvalue weighted by Gasteiger charge is 2.00. The molecule has 0 aliphatic carbocycles. The molecule has 2 nitrogen and oxygen atoms in total. The molecular weight excluding hydrogens is 140 g/mol. The van der Waals surface area contributed by atoms with Crippen LogP contribution in [0, 0.1) is 0 Å². The van der Waals surface area contributed by atoms with Gasteiger partial charge in [0.05, 0.1) is 0 Å². The molecule has 0 spiro atoms. The van der Waals surface area contributed by atoms with Crippen LogP contribution in [0.15, 0.2) is 0 Å². The van der Waals surface area contributed by atoms with Crippen LogP contribution in [-0.2, 0) is 0 Å². The van der Waals surface area contributed by atoms with Gasteiger partial charge in [-0.2, -0.15) is 0 Å². The van der Waals surface area contributed by atoms with Gasteiger partial charge in [-0.25, -0.2) is 4.84 Å². The van der Waals surface area contributed by atoms with Gasteiger partial charge < -0.3 is 5.40 Å². The summed E-state index contributed by atoms with van der Waals surface area (Å²) in [7, 11) is 0.529. The van der Waals surface area contributed by atoms with Gasteiger partial charge in [0.1, 0.15) is 8.24 Å². The van der Waals surface area contributed by atoms with Crippen LogP contribution in [0.5, 0.6) is 0 Å². The lowest BCUT2D eigenvalue weighted by molar-refractivity contribution is 1.28. The highest BCUT2D eigenvalue weighted by atomic mass is 35.5. The average Bonchev–Trinajstić information content (AvgIpc) is 1.27.